The van der Waals surface area contributed by atoms with Crippen LogP contribution in [-0.2, 0) is 4.79 Å². The van der Waals surface area contributed by atoms with Crippen LogP contribution in [0.25, 0.3) is 0 Å². The number of aliphatic hydroxyl groups is 1. The quantitative estimate of drug-likeness (QED) is 0.654. The van der Waals surface area contributed by atoms with Gasteiger partial charge in [-0.2, -0.15) is 11.8 Å². The molecule has 2 unspecified atom stereocenters. The Morgan fingerprint density at radius 2 is 1.94 bits per heavy atom. The lowest BCUT2D eigenvalue weighted by Gasteiger charge is -2.27. The van der Waals surface area contributed by atoms with Gasteiger partial charge in [-0.05, 0) is 25.0 Å². The molecule has 1 amide bonds. The summed E-state index contributed by atoms with van der Waals surface area (Å²) in [5.41, 5.74) is 4.86. The fourth-order valence-corrected chi connectivity index (χ4v) is 2.53. The van der Waals surface area contributed by atoms with Crippen molar-refractivity contribution in [3.8, 4) is 0 Å². The summed E-state index contributed by atoms with van der Waals surface area (Å²) in [5, 5.41) is 12.8. The van der Waals surface area contributed by atoms with Crippen molar-refractivity contribution in [2.75, 3.05) is 25.1 Å². The van der Waals surface area contributed by atoms with Gasteiger partial charge in [0, 0.05) is 18.8 Å². The van der Waals surface area contributed by atoms with Crippen LogP contribution in [-0.4, -0.2) is 41.7 Å². The summed E-state index contributed by atoms with van der Waals surface area (Å²) in [4.78, 5) is 12.0. The van der Waals surface area contributed by atoms with E-state index in [9.17, 15) is 9.90 Å². The van der Waals surface area contributed by atoms with Gasteiger partial charge in [0.2, 0.25) is 5.91 Å². The largest absolute Gasteiger partial charge is 0.387 e. The Kier molecular flexibility index (Phi) is 7.25. The van der Waals surface area contributed by atoms with Crippen molar-refractivity contribution in [1.82, 2.24) is 5.32 Å². The zero-order chi connectivity index (χ0) is 14.4. The van der Waals surface area contributed by atoms with Crippen LogP contribution in [0.1, 0.15) is 34.1 Å². The maximum atomic E-state index is 12.0. The highest BCUT2D eigenvalue weighted by Crippen LogP contribution is 2.24. The van der Waals surface area contributed by atoms with E-state index in [2.05, 4.69) is 26.1 Å². The molecule has 0 aliphatic carbocycles. The van der Waals surface area contributed by atoms with E-state index in [0.29, 0.717) is 12.3 Å². The Morgan fingerprint density at radius 3 is 2.33 bits per heavy atom. The molecule has 108 valence electrons. The van der Waals surface area contributed by atoms with Crippen LogP contribution in [0.15, 0.2) is 0 Å². The minimum Gasteiger partial charge on any atom is -0.387 e. The molecular formula is C13H28N2O2S. The molecule has 0 aromatic rings. The summed E-state index contributed by atoms with van der Waals surface area (Å²) < 4.78 is 0. The molecular weight excluding hydrogens is 248 g/mol. The molecule has 0 fully saturated rings. The molecule has 0 rings (SSSR count). The van der Waals surface area contributed by atoms with Gasteiger partial charge in [-0.15, -0.1) is 0 Å². The van der Waals surface area contributed by atoms with Gasteiger partial charge in [-0.3, -0.25) is 4.79 Å². The molecule has 0 radical (unpaired) electrons. The maximum Gasteiger partial charge on any atom is 0.224 e. The third-order valence-corrected chi connectivity index (χ3v) is 3.52. The zero-order valence-electron chi connectivity index (χ0n) is 12.2. The predicted octanol–water partition coefficient (Wildman–Crippen LogP) is 1.23. The molecule has 0 aliphatic rings. The Morgan fingerprint density at radius 1 is 1.39 bits per heavy atom. The van der Waals surface area contributed by atoms with Crippen LogP contribution in [0.4, 0.5) is 0 Å². The zero-order valence-corrected chi connectivity index (χ0v) is 13.1. The van der Waals surface area contributed by atoms with Crippen molar-refractivity contribution in [3.63, 3.8) is 0 Å². The van der Waals surface area contributed by atoms with Crippen LogP contribution < -0.4 is 11.1 Å². The minimum absolute atomic E-state index is 0.0613. The van der Waals surface area contributed by atoms with Crippen LogP contribution in [0.5, 0.6) is 0 Å². The molecule has 4 nitrogen and oxygen atoms in total. The minimum atomic E-state index is -0.865. The first-order valence-corrected chi connectivity index (χ1v) is 7.70. The van der Waals surface area contributed by atoms with Gasteiger partial charge in [0.1, 0.15) is 0 Å². The lowest BCUT2D eigenvalue weighted by Crippen LogP contribution is -2.46. The Balaban J connectivity index is 4.29. The van der Waals surface area contributed by atoms with E-state index in [1.54, 1.807) is 18.7 Å². The molecule has 0 aliphatic heterocycles. The van der Waals surface area contributed by atoms with E-state index in [1.807, 2.05) is 6.26 Å². The van der Waals surface area contributed by atoms with Crippen molar-refractivity contribution >= 4 is 17.7 Å². The molecule has 0 heterocycles. The standard InChI is InChI=1S/C13H28N2O2S/c1-12(2,3)6-10(7-14)11(16)15-8-13(4,17)9-18-5/h10,17H,6-9,14H2,1-5H3,(H,15,16). The second-order valence-electron chi connectivity index (χ2n) is 6.35. The number of nitrogens with two attached hydrogens (primary N) is 1. The molecule has 0 saturated carbocycles. The molecule has 0 aromatic heterocycles. The topological polar surface area (TPSA) is 75.3 Å². The summed E-state index contributed by atoms with van der Waals surface area (Å²) in [5.74, 6) is 0.351. The van der Waals surface area contributed by atoms with Gasteiger partial charge >= 0.3 is 0 Å². The molecule has 5 heteroatoms. The average molecular weight is 276 g/mol. The highest BCUT2D eigenvalue weighted by atomic mass is 32.2. The van der Waals surface area contributed by atoms with Gasteiger partial charge in [-0.25, -0.2) is 0 Å². The molecule has 18 heavy (non-hydrogen) atoms. The fraction of sp³-hybridized carbons (Fsp3) is 0.923. The van der Waals surface area contributed by atoms with Gasteiger partial charge in [-0.1, -0.05) is 20.8 Å². The first-order chi connectivity index (χ1) is 8.11. The summed E-state index contributed by atoms with van der Waals surface area (Å²) >= 11 is 1.56. The Bertz CT molecular complexity index is 262. The highest BCUT2D eigenvalue weighted by Gasteiger charge is 2.26. The number of hydrogen-bond acceptors (Lipinski definition) is 4. The van der Waals surface area contributed by atoms with Crippen LogP contribution >= 0.6 is 11.8 Å². The molecule has 2 atom stereocenters. The summed E-state index contributed by atoms with van der Waals surface area (Å²) in [6, 6.07) is 0. The first kappa shape index (κ1) is 17.7. The van der Waals surface area contributed by atoms with Crippen molar-refractivity contribution in [2.45, 2.75) is 39.7 Å². The Labute approximate surface area is 115 Å². The maximum absolute atomic E-state index is 12.0. The summed E-state index contributed by atoms with van der Waals surface area (Å²) in [6.07, 6.45) is 2.68. The smallest absolute Gasteiger partial charge is 0.224 e. The van der Waals surface area contributed by atoms with Crippen LogP contribution in [0.3, 0.4) is 0 Å². The fourth-order valence-electron chi connectivity index (χ4n) is 1.81. The lowest BCUT2D eigenvalue weighted by molar-refractivity contribution is -0.126. The number of rotatable bonds is 7. The monoisotopic (exact) mass is 276 g/mol. The highest BCUT2D eigenvalue weighted by molar-refractivity contribution is 7.98. The third-order valence-electron chi connectivity index (χ3n) is 2.61. The number of amides is 1. The second-order valence-corrected chi connectivity index (χ2v) is 7.21. The van der Waals surface area contributed by atoms with E-state index in [-0.39, 0.29) is 23.8 Å². The van der Waals surface area contributed by atoms with Gasteiger partial charge in [0.25, 0.3) is 0 Å². The number of thioether (sulfide) groups is 1. The molecule has 4 N–H and O–H groups in total. The predicted molar refractivity (Wildman–Crippen MR) is 78.6 cm³/mol. The Hall–Kier alpha value is -0.260. The SMILES string of the molecule is CSCC(C)(O)CNC(=O)C(CN)CC(C)(C)C. The number of carbonyl (C=O) groups excluding carboxylic acids is 1. The first-order valence-electron chi connectivity index (χ1n) is 6.30. The van der Waals surface area contributed by atoms with Crippen LogP contribution in [0, 0.1) is 11.3 Å². The third kappa shape index (κ3) is 7.95. The van der Waals surface area contributed by atoms with E-state index in [1.165, 1.54) is 0 Å². The van der Waals surface area contributed by atoms with Gasteiger partial charge in [0.05, 0.1) is 11.5 Å². The molecule has 0 bridgehead atoms. The van der Waals surface area contributed by atoms with Crippen molar-refractivity contribution in [3.05, 3.63) is 0 Å². The van der Waals surface area contributed by atoms with Gasteiger partial charge in [0.15, 0.2) is 0 Å². The van der Waals surface area contributed by atoms with Crippen molar-refractivity contribution in [2.24, 2.45) is 17.1 Å². The van der Waals surface area contributed by atoms with Gasteiger partial charge < -0.3 is 16.2 Å². The number of hydrogen-bond donors (Lipinski definition) is 3. The average Bonchev–Trinajstić information content (AvgIpc) is 2.21. The van der Waals surface area contributed by atoms with E-state index in [4.69, 9.17) is 5.73 Å². The molecule has 0 aromatic carbocycles. The summed E-state index contributed by atoms with van der Waals surface area (Å²) in [7, 11) is 0. The summed E-state index contributed by atoms with van der Waals surface area (Å²) in [6.45, 7) is 8.61. The lowest BCUT2D eigenvalue weighted by atomic mass is 9.84. The second kappa shape index (κ2) is 7.36. The number of carbonyl (C=O) groups is 1. The van der Waals surface area contributed by atoms with E-state index >= 15 is 0 Å². The molecule has 0 saturated heterocycles. The van der Waals surface area contributed by atoms with Crippen molar-refractivity contribution < 1.29 is 9.90 Å². The van der Waals surface area contributed by atoms with Crippen LogP contribution in [0.2, 0.25) is 0 Å². The number of nitrogens with one attached hydrogen (secondary N) is 1. The van der Waals surface area contributed by atoms with Crippen molar-refractivity contribution in [1.29, 1.82) is 0 Å². The molecule has 0 spiro atoms. The van der Waals surface area contributed by atoms with E-state index in [0.717, 1.165) is 6.42 Å². The normalized spacial score (nSPS) is 17.1. The van der Waals surface area contributed by atoms with E-state index < -0.39 is 5.60 Å².